The zero-order valence-corrected chi connectivity index (χ0v) is 11.8. The Morgan fingerprint density at radius 1 is 0.957 bits per heavy atom. The number of hydrogen-bond donors (Lipinski definition) is 1. The third-order valence-electron chi connectivity index (χ3n) is 3.24. The van der Waals surface area contributed by atoms with Gasteiger partial charge in [-0.2, -0.15) is 9.58 Å². The molecule has 3 rings (SSSR count). The molecule has 0 radical (unpaired) electrons. The second kappa shape index (κ2) is 5.72. The van der Waals surface area contributed by atoms with Gasteiger partial charge < -0.3 is 5.11 Å². The van der Waals surface area contributed by atoms with Gasteiger partial charge in [0.25, 0.3) is 17.5 Å². The maximum absolute atomic E-state index is 12.3. The van der Waals surface area contributed by atoms with Gasteiger partial charge in [0.2, 0.25) is 0 Å². The van der Waals surface area contributed by atoms with Crippen molar-refractivity contribution >= 4 is 23.4 Å². The predicted molar refractivity (Wildman–Crippen MR) is 75.6 cm³/mol. The van der Waals surface area contributed by atoms with Crippen LogP contribution in [-0.4, -0.2) is 22.7 Å². The van der Waals surface area contributed by atoms with Gasteiger partial charge in [0.1, 0.15) is 0 Å². The number of hydrogen-bond acceptors (Lipinski definition) is 4. The maximum atomic E-state index is 12.3. The molecule has 0 unspecified atom stereocenters. The van der Waals surface area contributed by atoms with Crippen molar-refractivity contribution in [2.45, 2.75) is 0 Å². The number of pyridine rings is 1. The minimum atomic E-state index is -1.09. The number of rotatable bonds is 3. The van der Waals surface area contributed by atoms with Gasteiger partial charge in [0.15, 0.2) is 12.4 Å². The van der Waals surface area contributed by atoms with E-state index in [0.29, 0.717) is 5.01 Å². The molecule has 0 saturated carbocycles. The van der Waals surface area contributed by atoms with Crippen LogP contribution in [0.4, 0.5) is 0 Å². The number of imide groups is 1. The maximum Gasteiger partial charge on any atom is 0.344 e. The minimum Gasteiger partial charge on any atom is -0.864 e. The largest absolute Gasteiger partial charge is 0.864 e. The van der Waals surface area contributed by atoms with Gasteiger partial charge in [-0.15, -0.1) is 0 Å². The second-order valence-corrected chi connectivity index (χ2v) is 4.71. The molecule has 0 fully saturated rings. The van der Waals surface area contributed by atoms with Gasteiger partial charge in [-0.25, -0.2) is 0 Å². The van der Waals surface area contributed by atoms with E-state index in [2.05, 4.69) is 5.43 Å². The molecule has 114 valence electrons. The summed E-state index contributed by atoms with van der Waals surface area (Å²) >= 11 is 0. The lowest BCUT2D eigenvalue weighted by Gasteiger charge is -2.15. The Balaban J connectivity index is 1.86. The van der Waals surface area contributed by atoms with Crippen LogP contribution in [0.15, 0.2) is 66.7 Å². The van der Waals surface area contributed by atoms with Crippen LogP contribution >= 0.6 is 0 Å². The Morgan fingerprint density at radius 2 is 1.57 bits per heavy atom. The van der Waals surface area contributed by atoms with E-state index < -0.39 is 23.5 Å². The molecule has 3 amide bonds. The van der Waals surface area contributed by atoms with Crippen molar-refractivity contribution in [2.75, 3.05) is 0 Å². The summed E-state index contributed by atoms with van der Waals surface area (Å²) in [6.45, 7) is 0. The number of nitrogens with zero attached hydrogens (tertiary/aromatic N) is 2. The van der Waals surface area contributed by atoms with Crippen LogP contribution in [0.2, 0.25) is 0 Å². The first-order valence-electron chi connectivity index (χ1n) is 6.72. The van der Waals surface area contributed by atoms with Crippen LogP contribution in [0.25, 0.3) is 5.70 Å². The van der Waals surface area contributed by atoms with Gasteiger partial charge in [-0.1, -0.05) is 24.3 Å². The Hall–Kier alpha value is -3.48. The van der Waals surface area contributed by atoms with Gasteiger partial charge in [-0.3, -0.25) is 19.8 Å². The SMILES string of the molecule is O=C(NN1C(=O)C([O-])=C([n+]2ccccc2)C1=O)c1ccccc1. The molecule has 0 saturated heterocycles. The standard InChI is InChI=1S/C16H11N3O4/c20-13-12(18-9-5-2-6-10-18)15(22)19(16(13)23)17-14(21)11-7-3-1-4-8-11/h1-10H,(H-,17,20,21,22). The Kier molecular flexibility index (Phi) is 3.60. The minimum absolute atomic E-state index is 0.265. The smallest absolute Gasteiger partial charge is 0.344 e. The van der Waals surface area contributed by atoms with E-state index in [1.807, 2.05) is 0 Å². The average molecular weight is 309 g/mol. The quantitative estimate of drug-likeness (QED) is 0.594. The first kappa shape index (κ1) is 14.5. The summed E-state index contributed by atoms with van der Waals surface area (Å²) in [5.74, 6) is -3.59. The van der Waals surface area contributed by atoms with Crippen LogP contribution in [0.1, 0.15) is 10.4 Å². The number of amides is 3. The number of benzene rings is 1. The van der Waals surface area contributed by atoms with E-state index in [1.165, 1.54) is 29.1 Å². The monoisotopic (exact) mass is 309 g/mol. The number of hydrazine groups is 1. The molecular formula is C16H11N3O4. The highest BCUT2D eigenvalue weighted by molar-refractivity contribution is 6.29. The predicted octanol–water partition coefficient (Wildman–Crippen LogP) is -0.783. The Bertz CT molecular complexity index is 816. The summed E-state index contributed by atoms with van der Waals surface area (Å²) in [6, 6.07) is 13.0. The molecule has 0 spiro atoms. The van der Waals surface area contributed by atoms with Crippen LogP contribution < -0.4 is 15.1 Å². The molecule has 0 bridgehead atoms. The van der Waals surface area contributed by atoms with Crippen LogP contribution in [0.3, 0.4) is 0 Å². The fraction of sp³-hybridized carbons (Fsp3) is 0. The molecule has 1 aromatic carbocycles. The van der Waals surface area contributed by atoms with Gasteiger partial charge in [0, 0.05) is 23.5 Å². The summed E-state index contributed by atoms with van der Waals surface area (Å²) in [6.07, 6.45) is 2.95. The lowest BCUT2D eigenvalue weighted by Crippen LogP contribution is -2.49. The summed E-state index contributed by atoms with van der Waals surface area (Å²) < 4.78 is 1.25. The molecule has 2 heterocycles. The molecule has 0 aliphatic carbocycles. The highest BCUT2D eigenvalue weighted by Crippen LogP contribution is 2.15. The van der Waals surface area contributed by atoms with Crippen molar-refractivity contribution in [2.24, 2.45) is 0 Å². The van der Waals surface area contributed by atoms with E-state index in [-0.39, 0.29) is 11.3 Å². The number of aromatic nitrogens is 1. The number of carbonyl (C=O) groups excluding carboxylic acids is 3. The summed E-state index contributed by atoms with van der Waals surface area (Å²) in [4.78, 5) is 36.3. The summed E-state index contributed by atoms with van der Waals surface area (Å²) in [7, 11) is 0. The molecule has 0 atom stereocenters. The van der Waals surface area contributed by atoms with Crippen molar-refractivity contribution in [3.8, 4) is 0 Å². The normalized spacial score (nSPS) is 14.3. The van der Waals surface area contributed by atoms with Crippen LogP contribution in [0.5, 0.6) is 0 Å². The number of carbonyl (C=O) groups is 3. The molecule has 1 aliphatic rings. The van der Waals surface area contributed by atoms with E-state index in [0.717, 1.165) is 0 Å². The fourth-order valence-electron chi connectivity index (χ4n) is 2.13. The van der Waals surface area contributed by atoms with E-state index >= 15 is 0 Å². The molecule has 2 aromatic rings. The topological polar surface area (TPSA) is 93.4 Å². The zero-order chi connectivity index (χ0) is 16.4. The van der Waals surface area contributed by atoms with E-state index in [1.54, 1.807) is 36.4 Å². The Labute approximate surface area is 131 Å². The zero-order valence-electron chi connectivity index (χ0n) is 11.8. The molecule has 7 nitrogen and oxygen atoms in total. The highest BCUT2D eigenvalue weighted by atomic mass is 16.3. The molecule has 7 heteroatoms. The molecule has 1 N–H and O–H groups in total. The number of nitrogens with one attached hydrogen (secondary N) is 1. The van der Waals surface area contributed by atoms with Crippen LogP contribution in [0, 0.1) is 0 Å². The summed E-state index contributed by atoms with van der Waals surface area (Å²) in [5.41, 5.74) is 2.10. The van der Waals surface area contributed by atoms with Crippen LogP contribution in [-0.2, 0) is 9.59 Å². The average Bonchev–Trinajstić information content (AvgIpc) is 2.80. The van der Waals surface area contributed by atoms with E-state index in [9.17, 15) is 19.5 Å². The first-order chi connectivity index (χ1) is 11.1. The van der Waals surface area contributed by atoms with Gasteiger partial charge >= 0.3 is 5.91 Å². The molecule has 1 aromatic heterocycles. The lowest BCUT2D eigenvalue weighted by atomic mass is 10.2. The molecule has 1 aliphatic heterocycles. The van der Waals surface area contributed by atoms with Crippen molar-refractivity contribution in [1.29, 1.82) is 0 Å². The third kappa shape index (κ3) is 2.55. The van der Waals surface area contributed by atoms with Gasteiger partial charge in [-0.05, 0) is 12.1 Å². The van der Waals surface area contributed by atoms with E-state index in [4.69, 9.17) is 0 Å². The second-order valence-electron chi connectivity index (χ2n) is 4.71. The van der Waals surface area contributed by atoms with Crippen molar-refractivity contribution in [3.63, 3.8) is 0 Å². The van der Waals surface area contributed by atoms with Gasteiger partial charge in [0.05, 0.1) is 0 Å². The Morgan fingerprint density at radius 3 is 2.22 bits per heavy atom. The fourth-order valence-corrected chi connectivity index (χ4v) is 2.13. The van der Waals surface area contributed by atoms with Crippen molar-refractivity contribution in [3.05, 3.63) is 72.2 Å². The molecule has 23 heavy (non-hydrogen) atoms. The molecular weight excluding hydrogens is 298 g/mol. The van der Waals surface area contributed by atoms with Crippen molar-refractivity contribution < 1.29 is 24.1 Å². The first-order valence-corrected chi connectivity index (χ1v) is 6.72. The lowest BCUT2D eigenvalue weighted by molar-refractivity contribution is -0.581. The third-order valence-corrected chi connectivity index (χ3v) is 3.24. The summed E-state index contributed by atoms with van der Waals surface area (Å²) in [5, 5.41) is 12.5. The van der Waals surface area contributed by atoms with Crippen molar-refractivity contribution in [1.82, 2.24) is 10.4 Å². The highest BCUT2D eigenvalue weighted by Gasteiger charge is 2.41.